The van der Waals surface area contributed by atoms with Crippen molar-refractivity contribution in [2.45, 2.75) is 26.1 Å². The van der Waals surface area contributed by atoms with E-state index < -0.39 is 12.8 Å². The van der Waals surface area contributed by atoms with Gasteiger partial charge in [-0.15, -0.1) is 0 Å². The highest BCUT2D eigenvalue weighted by Gasteiger charge is 2.28. The number of carbonyl (C=O) groups is 1. The van der Waals surface area contributed by atoms with Crippen molar-refractivity contribution < 1.29 is 27.4 Å². The number of nitrogens with one attached hydrogen (secondary N) is 1. The van der Waals surface area contributed by atoms with Crippen molar-refractivity contribution in [1.82, 2.24) is 10.2 Å². The van der Waals surface area contributed by atoms with E-state index in [-0.39, 0.29) is 17.8 Å². The van der Waals surface area contributed by atoms with Crippen molar-refractivity contribution in [2.24, 2.45) is 0 Å². The number of ether oxygens (including phenoxy) is 2. The molecule has 1 unspecified atom stereocenters. The molecule has 0 aliphatic heterocycles. The van der Waals surface area contributed by atoms with Crippen molar-refractivity contribution >= 4 is 6.03 Å². The molecule has 0 heterocycles. The van der Waals surface area contributed by atoms with E-state index in [1.807, 2.05) is 31.2 Å². The van der Waals surface area contributed by atoms with Gasteiger partial charge in [-0.25, -0.2) is 4.79 Å². The van der Waals surface area contributed by atoms with E-state index in [4.69, 9.17) is 4.74 Å². The second kappa shape index (κ2) is 10.0. The van der Waals surface area contributed by atoms with Crippen LogP contribution in [0.1, 0.15) is 24.1 Å². The molecule has 0 aliphatic rings. The molecule has 29 heavy (non-hydrogen) atoms. The van der Waals surface area contributed by atoms with Crippen LogP contribution in [0.2, 0.25) is 0 Å². The smallest absolute Gasteiger partial charge is 0.422 e. The molecular weight excluding hydrogens is 385 g/mol. The lowest BCUT2D eigenvalue weighted by atomic mass is 10.1. The Bertz CT molecular complexity index is 777. The van der Waals surface area contributed by atoms with Crippen LogP contribution in [0, 0.1) is 6.92 Å². The number of benzene rings is 2. The fraction of sp³-hybridized carbons (Fsp3) is 0.381. The Morgan fingerprint density at radius 2 is 1.59 bits per heavy atom. The summed E-state index contributed by atoms with van der Waals surface area (Å²) in [6, 6.07) is 13.2. The van der Waals surface area contributed by atoms with Crippen molar-refractivity contribution in [3.05, 3.63) is 59.7 Å². The fourth-order valence-electron chi connectivity index (χ4n) is 2.43. The molecule has 2 aromatic carbocycles. The van der Waals surface area contributed by atoms with Crippen molar-refractivity contribution in [3.63, 3.8) is 0 Å². The number of hydrogen-bond donors (Lipinski definition) is 1. The molecule has 8 heteroatoms. The first kappa shape index (κ1) is 22.4. The van der Waals surface area contributed by atoms with Gasteiger partial charge in [-0.1, -0.05) is 29.8 Å². The summed E-state index contributed by atoms with van der Waals surface area (Å²) in [5.74, 6) is 0.862. The Hall–Kier alpha value is -2.90. The molecule has 0 saturated heterocycles. The quantitative estimate of drug-likeness (QED) is 0.685. The van der Waals surface area contributed by atoms with Crippen LogP contribution >= 0.6 is 0 Å². The highest BCUT2D eigenvalue weighted by molar-refractivity contribution is 5.74. The molecule has 0 aliphatic carbocycles. The molecule has 2 rings (SSSR count). The van der Waals surface area contributed by atoms with E-state index in [9.17, 15) is 18.0 Å². The number of aryl methyl sites for hydroxylation is 1. The largest absolute Gasteiger partial charge is 0.492 e. The van der Waals surface area contributed by atoms with Gasteiger partial charge < -0.3 is 19.7 Å². The number of urea groups is 1. The molecule has 0 spiro atoms. The summed E-state index contributed by atoms with van der Waals surface area (Å²) >= 11 is 0. The van der Waals surface area contributed by atoms with Gasteiger partial charge in [-0.05, 0) is 43.7 Å². The summed E-state index contributed by atoms with van der Waals surface area (Å²) in [6.45, 7) is 3.20. The lowest BCUT2D eigenvalue weighted by Gasteiger charge is -2.22. The van der Waals surface area contributed by atoms with Gasteiger partial charge in [0.2, 0.25) is 0 Å². The summed E-state index contributed by atoms with van der Waals surface area (Å²) in [7, 11) is 1.66. The van der Waals surface area contributed by atoms with Crippen LogP contribution in [0.4, 0.5) is 18.0 Å². The van der Waals surface area contributed by atoms with Gasteiger partial charge in [0.15, 0.2) is 6.61 Å². The average Bonchev–Trinajstić information content (AvgIpc) is 2.67. The molecule has 158 valence electrons. The van der Waals surface area contributed by atoms with Crippen molar-refractivity contribution in [3.8, 4) is 11.5 Å². The Balaban J connectivity index is 1.77. The van der Waals surface area contributed by atoms with E-state index in [1.165, 1.54) is 17.0 Å². The molecule has 2 aromatic rings. The first-order valence-corrected chi connectivity index (χ1v) is 9.14. The number of halogens is 3. The number of carbonyl (C=O) groups excluding carboxylic acids is 1. The highest BCUT2D eigenvalue weighted by atomic mass is 19.4. The van der Waals surface area contributed by atoms with E-state index in [0.29, 0.717) is 13.2 Å². The molecular formula is C21H25F3N2O3. The number of hydrogen-bond acceptors (Lipinski definition) is 3. The number of rotatable bonds is 8. The second-order valence-corrected chi connectivity index (χ2v) is 6.73. The van der Waals surface area contributed by atoms with Gasteiger partial charge in [-0.3, -0.25) is 0 Å². The van der Waals surface area contributed by atoms with Crippen LogP contribution in [-0.2, 0) is 0 Å². The van der Waals surface area contributed by atoms with Gasteiger partial charge in [0, 0.05) is 7.05 Å². The summed E-state index contributed by atoms with van der Waals surface area (Å²) in [5.41, 5.74) is 1.89. The van der Waals surface area contributed by atoms with Gasteiger partial charge in [0.05, 0.1) is 12.6 Å². The van der Waals surface area contributed by atoms with Crippen LogP contribution < -0.4 is 14.8 Å². The SMILES string of the molecule is Cc1ccc(OCCN(C)C(=O)NC(C)c2ccc(OCC(F)(F)F)cc2)cc1. The standard InChI is InChI=1S/C21H25F3N2O3/c1-15-4-8-18(9-5-15)28-13-12-26(3)20(27)25-16(2)17-6-10-19(11-7-17)29-14-21(22,23)24/h4-11,16H,12-14H2,1-3H3,(H,25,27). The third-order valence-electron chi connectivity index (χ3n) is 4.19. The normalized spacial score (nSPS) is 12.2. The lowest BCUT2D eigenvalue weighted by molar-refractivity contribution is -0.153. The summed E-state index contributed by atoms with van der Waals surface area (Å²) in [4.78, 5) is 13.8. The predicted molar refractivity (Wildman–Crippen MR) is 104 cm³/mol. The Kier molecular flexibility index (Phi) is 7.75. The second-order valence-electron chi connectivity index (χ2n) is 6.73. The van der Waals surface area contributed by atoms with Crippen LogP contribution in [0.3, 0.4) is 0 Å². The minimum absolute atomic E-state index is 0.120. The molecule has 0 saturated carbocycles. The number of amides is 2. The molecule has 5 nitrogen and oxygen atoms in total. The zero-order valence-electron chi connectivity index (χ0n) is 16.6. The molecule has 2 amide bonds. The maximum Gasteiger partial charge on any atom is 0.422 e. The summed E-state index contributed by atoms with van der Waals surface area (Å²) in [5, 5.41) is 2.84. The zero-order valence-corrected chi connectivity index (χ0v) is 16.6. The fourth-order valence-corrected chi connectivity index (χ4v) is 2.43. The van der Waals surface area contributed by atoms with E-state index in [0.717, 1.165) is 16.9 Å². The zero-order chi connectivity index (χ0) is 21.4. The van der Waals surface area contributed by atoms with E-state index >= 15 is 0 Å². The average molecular weight is 410 g/mol. The highest BCUT2D eigenvalue weighted by Crippen LogP contribution is 2.21. The van der Waals surface area contributed by atoms with E-state index in [1.54, 1.807) is 26.1 Å². The Morgan fingerprint density at radius 1 is 1.03 bits per heavy atom. The first-order valence-electron chi connectivity index (χ1n) is 9.14. The molecule has 0 radical (unpaired) electrons. The maximum atomic E-state index is 12.3. The third-order valence-corrected chi connectivity index (χ3v) is 4.19. The maximum absolute atomic E-state index is 12.3. The third kappa shape index (κ3) is 7.93. The predicted octanol–water partition coefficient (Wildman–Crippen LogP) is 4.72. The first-order chi connectivity index (χ1) is 13.6. The van der Waals surface area contributed by atoms with Crippen LogP contribution in [0.15, 0.2) is 48.5 Å². The molecule has 0 aromatic heterocycles. The Labute approximate surface area is 168 Å². The molecule has 0 fully saturated rings. The minimum atomic E-state index is -4.38. The van der Waals surface area contributed by atoms with Gasteiger partial charge in [0.25, 0.3) is 0 Å². The monoisotopic (exact) mass is 410 g/mol. The van der Waals surface area contributed by atoms with Gasteiger partial charge in [0.1, 0.15) is 18.1 Å². The van der Waals surface area contributed by atoms with Crippen LogP contribution in [-0.4, -0.2) is 43.9 Å². The van der Waals surface area contributed by atoms with Gasteiger partial charge in [-0.2, -0.15) is 13.2 Å². The molecule has 1 atom stereocenters. The van der Waals surface area contributed by atoms with Crippen LogP contribution in [0.5, 0.6) is 11.5 Å². The molecule has 1 N–H and O–H groups in total. The van der Waals surface area contributed by atoms with Crippen molar-refractivity contribution in [1.29, 1.82) is 0 Å². The van der Waals surface area contributed by atoms with Crippen LogP contribution in [0.25, 0.3) is 0 Å². The van der Waals surface area contributed by atoms with E-state index in [2.05, 4.69) is 10.1 Å². The minimum Gasteiger partial charge on any atom is -0.492 e. The lowest BCUT2D eigenvalue weighted by Crippen LogP contribution is -2.40. The summed E-state index contributed by atoms with van der Waals surface area (Å²) in [6.07, 6.45) is -4.38. The van der Waals surface area contributed by atoms with Gasteiger partial charge >= 0.3 is 12.2 Å². The van der Waals surface area contributed by atoms with Crippen molar-refractivity contribution in [2.75, 3.05) is 26.8 Å². The number of nitrogens with zero attached hydrogens (tertiary/aromatic N) is 1. The topological polar surface area (TPSA) is 50.8 Å². The number of alkyl halides is 3. The summed E-state index contributed by atoms with van der Waals surface area (Å²) < 4.78 is 46.8. The number of likely N-dealkylation sites (N-methyl/N-ethyl adjacent to an activating group) is 1. The molecule has 0 bridgehead atoms. The Morgan fingerprint density at radius 3 is 2.17 bits per heavy atom.